The maximum absolute atomic E-state index is 14.4. The Labute approximate surface area is 396 Å². The molecule has 0 bridgehead atoms. The number of aliphatic hydroxyl groups excluding tert-OH is 11. The van der Waals surface area contributed by atoms with E-state index in [0.29, 0.717) is 38.5 Å². The molecule has 0 aromatic heterocycles. The normalized spacial score (nSPS) is 55.0. The Morgan fingerprint density at radius 2 is 1.31 bits per heavy atom. The minimum atomic E-state index is -2.02. The summed E-state index contributed by atoms with van der Waals surface area (Å²) < 4.78 is 35.6. The molecular weight excluding hydrogens is 897 g/mol. The Hall–Kier alpha value is -1.80. The molecule has 0 spiro atoms. The molecule has 5 aliphatic carbocycles. The number of ether oxygens (including phenoxy) is 6. The van der Waals surface area contributed by atoms with Gasteiger partial charge in [0.15, 0.2) is 25.0 Å². The third-order valence-corrected chi connectivity index (χ3v) is 19.5. The largest absolute Gasteiger partial charge is 0.479 e. The predicted octanol–water partition coefficient (Wildman–Crippen LogP) is -1.14. The van der Waals surface area contributed by atoms with Gasteiger partial charge < -0.3 is 89.7 Å². The molecule has 3 aliphatic heterocycles. The summed E-state index contributed by atoms with van der Waals surface area (Å²) in [5, 5.41) is 126. The zero-order chi connectivity index (χ0) is 49.8. The quantitative estimate of drug-likeness (QED) is 0.0860. The predicted molar refractivity (Wildman–Crippen MR) is 232 cm³/mol. The van der Waals surface area contributed by atoms with E-state index in [1.165, 1.54) is 5.57 Å². The van der Waals surface area contributed by atoms with Gasteiger partial charge in [-0.1, -0.05) is 53.2 Å². The van der Waals surface area contributed by atoms with Crippen LogP contribution in [0.2, 0.25) is 0 Å². The molecule has 4 saturated carbocycles. The third-order valence-electron chi connectivity index (χ3n) is 19.5. The average Bonchev–Trinajstić information content (AvgIpc) is 3.29. The van der Waals surface area contributed by atoms with Crippen LogP contribution in [0.25, 0.3) is 0 Å². The van der Waals surface area contributed by atoms with Crippen molar-refractivity contribution in [3.05, 3.63) is 11.6 Å². The second-order valence-corrected chi connectivity index (χ2v) is 23.3. The fraction of sp³-hybridized carbons (Fsp3) is 0.917. The fourth-order valence-corrected chi connectivity index (χ4v) is 15.0. The summed E-state index contributed by atoms with van der Waals surface area (Å²) in [6.07, 6.45) is -18.0. The minimum absolute atomic E-state index is 0.0314. The summed E-state index contributed by atoms with van der Waals surface area (Å²) >= 11 is 0. The van der Waals surface area contributed by atoms with Gasteiger partial charge in [-0.25, -0.2) is 4.79 Å². The number of carboxylic acid groups (broad SMARTS) is 1. The summed E-state index contributed by atoms with van der Waals surface area (Å²) in [5.41, 5.74) is -1.90. The molecule has 388 valence electrons. The molecule has 20 heteroatoms. The molecule has 12 N–H and O–H groups in total. The van der Waals surface area contributed by atoms with E-state index >= 15 is 0 Å². The highest BCUT2D eigenvalue weighted by Gasteiger charge is 2.70. The fourth-order valence-electron chi connectivity index (χ4n) is 15.0. The van der Waals surface area contributed by atoms with Gasteiger partial charge in [0.2, 0.25) is 0 Å². The number of aliphatic carboxylic acids is 1. The molecule has 0 aromatic rings. The van der Waals surface area contributed by atoms with Crippen LogP contribution in [-0.4, -0.2) is 198 Å². The van der Waals surface area contributed by atoms with Gasteiger partial charge >= 0.3 is 5.97 Å². The molecule has 68 heavy (non-hydrogen) atoms. The number of fused-ring (bicyclic) bond motifs is 7. The highest BCUT2D eigenvalue weighted by molar-refractivity contribution is 5.87. The van der Waals surface area contributed by atoms with Crippen molar-refractivity contribution in [1.82, 2.24) is 0 Å². The molecule has 7 fully saturated rings. The van der Waals surface area contributed by atoms with Gasteiger partial charge in [-0.3, -0.25) is 4.79 Å². The Morgan fingerprint density at radius 1 is 0.691 bits per heavy atom. The van der Waals surface area contributed by atoms with E-state index in [0.717, 1.165) is 12.8 Å². The van der Waals surface area contributed by atoms with E-state index in [2.05, 4.69) is 33.8 Å². The van der Waals surface area contributed by atoms with Gasteiger partial charge in [0.25, 0.3) is 0 Å². The molecule has 25 atom stereocenters. The minimum Gasteiger partial charge on any atom is -0.479 e. The molecular formula is C48H76O20. The topological polar surface area (TPSA) is 332 Å². The Balaban J connectivity index is 1.04. The zero-order valence-corrected chi connectivity index (χ0v) is 39.9. The number of aliphatic hydroxyl groups is 11. The van der Waals surface area contributed by atoms with E-state index in [-0.39, 0.29) is 59.4 Å². The smallest absolute Gasteiger partial charge is 0.335 e. The van der Waals surface area contributed by atoms with E-state index in [9.17, 15) is 70.9 Å². The van der Waals surface area contributed by atoms with Crippen LogP contribution >= 0.6 is 0 Å². The van der Waals surface area contributed by atoms with E-state index < -0.39 is 134 Å². The maximum atomic E-state index is 14.4. The highest BCUT2D eigenvalue weighted by atomic mass is 16.8. The van der Waals surface area contributed by atoms with E-state index in [1.54, 1.807) is 0 Å². The van der Waals surface area contributed by atoms with Crippen LogP contribution in [0.5, 0.6) is 0 Å². The first-order chi connectivity index (χ1) is 31.8. The lowest BCUT2D eigenvalue weighted by Crippen LogP contribution is -2.68. The lowest BCUT2D eigenvalue weighted by Gasteiger charge is -2.71. The van der Waals surface area contributed by atoms with Gasteiger partial charge in [-0.2, -0.15) is 0 Å². The second-order valence-electron chi connectivity index (χ2n) is 23.3. The first-order valence-electron chi connectivity index (χ1n) is 24.4. The number of carbonyl (C=O) groups excluding carboxylic acids is 1. The van der Waals surface area contributed by atoms with Crippen LogP contribution in [0.3, 0.4) is 0 Å². The van der Waals surface area contributed by atoms with Crippen molar-refractivity contribution in [3.8, 4) is 0 Å². The monoisotopic (exact) mass is 972 g/mol. The van der Waals surface area contributed by atoms with Crippen LogP contribution in [0.15, 0.2) is 11.6 Å². The first-order valence-corrected chi connectivity index (χ1v) is 24.4. The van der Waals surface area contributed by atoms with Crippen molar-refractivity contribution in [1.29, 1.82) is 0 Å². The lowest BCUT2D eigenvalue weighted by atomic mass is 9.33. The molecule has 3 heterocycles. The van der Waals surface area contributed by atoms with Gasteiger partial charge in [0.1, 0.15) is 72.9 Å². The number of carboxylic acids is 1. The standard InChI is InChI=1S/C48H76O20/c1-43(20-63-40-35(59)31(55)29(53)23(17-49)64-40)15-22-21-7-8-26-45(3)11-10-28(46(4,19-51)25(45)9-12-48(26,6)47(21,5)14-13-44(22,2)27(52)16-43)66-42-38(34(58)33(57)37(67-42)39(61)62)68-41-36(60)32(56)30(54)24(18-50)65-41/h7,22-26,28-38,40-42,49-51,53-60H,8-20H2,1-6H3,(H,61,62)/t22-,23+,24+,25+,26+,28-,29+,30-,31-,32-,33-,34-,35+,36+,37-,38+,40+,41-,42+,43+,44+,45-,46+,47+,48+/m0/s1. The molecule has 0 radical (unpaired) electrons. The molecule has 8 aliphatic rings. The summed E-state index contributed by atoms with van der Waals surface area (Å²) in [5.74, 6) is -1.58. The van der Waals surface area contributed by atoms with Crippen LogP contribution in [0, 0.1) is 50.2 Å². The third kappa shape index (κ3) is 8.08. The number of carbonyl (C=O) groups is 2. The molecule has 0 unspecified atom stereocenters. The molecule has 0 amide bonds. The van der Waals surface area contributed by atoms with Crippen LogP contribution in [0.1, 0.15) is 99.3 Å². The Bertz CT molecular complexity index is 1900. The number of Topliss-reactive ketones (excluding diaryl/α,β-unsaturated/α-hetero) is 1. The highest BCUT2D eigenvalue weighted by Crippen LogP contribution is 2.75. The van der Waals surface area contributed by atoms with E-state index in [1.807, 2.05) is 13.8 Å². The van der Waals surface area contributed by atoms with Crippen molar-refractivity contribution in [2.45, 2.75) is 198 Å². The number of hydrogen-bond acceptors (Lipinski definition) is 19. The molecule has 8 rings (SSSR count). The molecule has 0 aromatic carbocycles. The summed E-state index contributed by atoms with van der Waals surface area (Å²) in [7, 11) is 0. The van der Waals surface area contributed by atoms with Crippen molar-refractivity contribution in [2.75, 3.05) is 26.4 Å². The number of ketones is 1. The number of rotatable bonds is 11. The molecule has 20 nitrogen and oxygen atoms in total. The summed E-state index contributed by atoms with van der Waals surface area (Å²) in [4.78, 5) is 26.7. The Morgan fingerprint density at radius 3 is 1.91 bits per heavy atom. The van der Waals surface area contributed by atoms with Crippen molar-refractivity contribution in [3.63, 3.8) is 0 Å². The van der Waals surface area contributed by atoms with E-state index in [4.69, 9.17) is 28.4 Å². The average molecular weight is 973 g/mol. The van der Waals surface area contributed by atoms with Crippen molar-refractivity contribution >= 4 is 11.8 Å². The van der Waals surface area contributed by atoms with Gasteiger partial charge in [-0.15, -0.1) is 0 Å². The SMILES string of the molecule is C[C@]1(CO[C@@H]2O[C@H](CO)[C@@H](O)[C@H](O)[C@H]2O)CC(=O)[C@]2(C)CC[C@]3(C)C(=CC[C@@H]4[C@@]5(C)CC[C@H](O[C@@H]6O[C@H](C(=O)O)[C@@H](O)[C@H](O)[C@H]6O[C@@H]6O[C@H](CO)[C@H](O)[C@H](O)[C@H]6O)[C@](C)(CO)[C@@H]5CC[C@]43C)[C@@H]2C1. The van der Waals surface area contributed by atoms with Crippen LogP contribution in [-0.2, 0) is 38.0 Å². The van der Waals surface area contributed by atoms with Gasteiger partial charge in [0.05, 0.1) is 32.5 Å². The zero-order valence-electron chi connectivity index (χ0n) is 39.9. The molecule has 3 saturated heterocycles. The van der Waals surface area contributed by atoms with Crippen molar-refractivity contribution < 1.29 is 99.3 Å². The number of allylic oxidation sites excluding steroid dienone is 2. The van der Waals surface area contributed by atoms with Crippen LogP contribution in [0.4, 0.5) is 0 Å². The summed E-state index contributed by atoms with van der Waals surface area (Å²) in [6.45, 7) is 11.3. The second kappa shape index (κ2) is 18.6. The van der Waals surface area contributed by atoms with Gasteiger partial charge in [0, 0.05) is 17.3 Å². The van der Waals surface area contributed by atoms with Crippen molar-refractivity contribution in [2.24, 2.45) is 50.2 Å². The first kappa shape index (κ1) is 52.5. The lowest BCUT2D eigenvalue weighted by molar-refractivity contribution is -0.375. The summed E-state index contributed by atoms with van der Waals surface area (Å²) in [6, 6.07) is 0. The van der Waals surface area contributed by atoms with Crippen LogP contribution < -0.4 is 0 Å². The Kier molecular flexibility index (Phi) is 14.4. The number of hydrogen-bond donors (Lipinski definition) is 12. The van der Waals surface area contributed by atoms with Gasteiger partial charge in [-0.05, 0) is 90.8 Å². The maximum Gasteiger partial charge on any atom is 0.335 e.